The van der Waals surface area contributed by atoms with Crippen LogP contribution >= 0.6 is 0 Å². The number of benzene rings is 1. The van der Waals surface area contributed by atoms with E-state index in [2.05, 4.69) is 20.3 Å². The molecule has 3 rings (SSSR count). The van der Waals surface area contributed by atoms with Crippen LogP contribution in [0.25, 0.3) is 0 Å². The number of hydrogen-bond donors (Lipinski definition) is 2. The number of nitrogens with two attached hydrogens (primary N) is 1. The quantitative estimate of drug-likeness (QED) is 0.902. The van der Waals surface area contributed by atoms with Gasteiger partial charge in [0.05, 0.1) is 12.6 Å². The Morgan fingerprint density at radius 3 is 2.95 bits per heavy atom. The number of ether oxygens (including phenoxy) is 1. The molecule has 110 valence electrons. The molecule has 0 bridgehead atoms. The number of fused-ring (bicyclic) bond motifs is 1. The molecule has 1 aliphatic rings. The van der Waals surface area contributed by atoms with Crippen molar-refractivity contribution in [2.75, 3.05) is 17.7 Å². The van der Waals surface area contributed by atoms with E-state index < -0.39 is 6.17 Å². The first-order valence-corrected chi connectivity index (χ1v) is 6.77. The third-order valence-electron chi connectivity index (χ3n) is 3.29. The number of hydrogen-bond acceptors (Lipinski definition) is 6. The molecular weight excluding hydrogens is 273 g/mol. The molecule has 1 aliphatic heterocycles. The van der Waals surface area contributed by atoms with Crippen LogP contribution in [-0.2, 0) is 0 Å². The van der Waals surface area contributed by atoms with Gasteiger partial charge in [0.1, 0.15) is 5.75 Å². The predicted molar refractivity (Wildman–Crippen MR) is 76.7 cm³/mol. The summed E-state index contributed by atoms with van der Waals surface area (Å²) in [5.74, 6) is 1.16. The van der Waals surface area contributed by atoms with Gasteiger partial charge in [0.2, 0.25) is 11.9 Å². The first kappa shape index (κ1) is 13.5. The summed E-state index contributed by atoms with van der Waals surface area (Å²) in [6.07, 6.45) is -0.527. The number of halogens is 1. The Hall–Kier alpha value is -2.44. The monoisotopic (exact) mass is 289 g/mol. The van der Waals surface area contributed by atoms with Gasteiger partial charge in [0.15, 0.2) is 12.0 Å². The minimum atomic E-state index is -1.29. The van der Waals surface area contributed by atoms with Crippen LogP contribution in [0.3, 0.4) is 0 Å². The Morgan fingerprint density at radius 2 is 2.14 bits per heavy atom. The van der Waals surface area contributed by atoms with Crippen molar-refractivity contribution < 1.29 is 9.13 Å². The lowest BCUT2D eigenvalue weighted by atomic mass is 10.0. The average molecular weight is 289 g/mol. The Balaban J connectivity index is 1.88. The highest BCUT2D eigenvalue weighted by atomic mass is 19.1. The lowest BCUT2D eigenvalue weighted by molar-refractivity contribution is 0.274. The normalized spacial score (nSPS) is 18.5. The van der Waals surface area contributed by atoms with E-state index in [-0.39, 0.29) is 23.8 Å². The number of rotatable bonds is 3. The zero-order valence-electron chi connectivity index (χ0n) is 11.6. The Bertz CT molecular complexity index is 649. The van der Waals surface area contributed by atoms with Gasteiger partial charge in [-0.15, -0.1) is 0 Å². The van der Waals surface area contributed by atoms with Gasteiger partial charge in [-0.2, -0.15) is 15.0 Å². The standard InChI is InChI=1S/C14H16FN5O/c1-8(15)12-18-13(16)20-14(19-12)17-10-6-7-21-11-5-3-2-4-9(10)11/h2-5,8,10H,6-7H2,1H3,(H3,16,17,18,19,20)/t8-,10?/m1/s1. The number of anilines is 2. The van der Waals surface area contributed by atoms with Gasteiger partial charge < -0.3 is 15.8 Å². The highest BCUT2D eigenvalue weighted by Gasteiger charge is 2.22. The van der Waals surface area contributed by atoms with E-state index in [1.54, 1.807) is 0 Å². The van der Waals surface area contributed by atoms with Crippen LogP contribution in [0.5, 0.6) is 5.75 Å². The molecule has 21 heavy (non-hydrogen) atoms. The maximum absolute atomic E-state index is 13.4. The molecular formula is C14H16FN5O. The molecule has 0 saturated heterocycles. The minimum absolute atomic E-state index is 0.000447. The Labute approximate surface area is 121 Å². The van der Waals surface area contributed by atoms with Gasteiger partial charge in [-0.1, -0.05) is 18.2 Å². The Kier molecular flexibility index (Phi) is 3.55. The van der Waals surface area contributed by atoms with Crippen LogP contribution in [-0.4, -0.2) is 21.6 Å². The van der Waals surface area contributed by atoms with Crippen molar-refractivity contribution in [3.05, 3.63) is 35.7 Å². The van der Waals surface area contributed by atoms with Crippen molar-refractivity contribution in [1.29, 1.82) is 0 Å². The van der Waals surface area contributed by atoms with Crippen molar-refractivity contribution in [3.63, 3.8) is 0 Å². The topological polar surface area (TPSA) is 86.0 Å². The molecule has 0 amide bonds. The number of aromatic nitrogens is 3. The van der Waals surface area contributed by atoms with Crippen molar-refractivity contribution in [2.45, 2.75) is 25.6 Å². The zero-order chi connectivity index (χ0) is 14.8. The van der Waals surface area contributed by atoms with E-state index in [1.807, 2.05) is 24.3 Å². The summed E-state index contributed by atoms with van der Waals surface area (Å²) in [5, 5.41) is 3.18. The van der Waals surface area contributed by atoms with Crippen LogP contribution in [0.15, 0.2) is 24.3 Å². The molecule has 3 N–H and O–H groups in total. The minimum Gasteiger partial charge on any atom is -0.493 e. The molecule has 0 saturated carbocycles. The second kappa shape index (κ2) is 5.51. The van der Waals surface area contributed by atoms with Crippen LogP contribution in [0.4, 0.5) is 16.3 Å². The summed E-state index contributed by atoms with van der Waals surface area (Å²) in [5.41, 5.74) is 6.63. The second-order valence-electron chi connectivity index (χ2n) is 4.86. The molecule has 0 radical (unpaired) electrons. The molecule has 7 heteroatoms. The van der Waals surface area contributed by atoms with Gasteiger partial charge in [-0.3, -0.25) is 0 Å². The van der Waals surface area contributed by atoms with Gasteiger partial charge >= 0.3 is 0 Å². The molecule has 2 heterocycles. The smallest absolute Gasteiger partial charge is 0.228 e. The first-order valence-electron chi connectivity index (χ1n) is 6.77. The molecule has 1 aromatic heterocycles. The molecule has 2 aromatic rings. The number of para-hydroxylation sites is 1. The summed E-state index contributed by atoms with van der Waals surface area (Å²) < 4.78 is 19.0. The molecule has 2 atom stereocenters. The number of nitrogens with zero attached hydrogens (tertiary/aromatic N) is 3. The highest BCUT2D eigenvalue weighted by molar-refractivity contribution is 5.43. The second-order valence-corrected chi connectivity index (χ2v) is 4.86. The molecule has 0 aliphatic carbocycles. The summed E-state index contributed by atoms with van der Waals surface area (Å²) in [4.78, 5) is 11.9. The number of nitrogen functional groups attached to an aromatic ring is 1. The molecule has 0 fully saturated rings. The molecule has 0 spiro atoms. The van der Waals surface area contributed by atoms with E-state index in [1.165, 1.54) is 6.92 Å². The van der Waals surface area contributed by atoms with E-state index in [0.717, 1.165) is 17.7 Å². The summed E-state index contributed by atoms with van der Waals surface area (Å²) in [7, 11) is 0. The maximum Gasteiger partial charge on any atom is 0.228 e. The third-order valence-corrected chi connectivity index (χ3v) is 3.29. The predicted octanol–water partition coefficient (Wildman–Crippen LogP) is 2.42. The fraction of sp³-hybridized carbons (Fsp3) is 0.357. The van der Waals surface area contributed by atoms with Crippen molar-refractivity contribution >= 4 is 11.9 Å². The van der Waals surface area contributed by atoms with Crippen molar-refractivity contribution in [3.8, 4) is 5.75 Å². The average Bonchev–Trinajstić information content (AvgIpc) is 2.47. The molecule has 1 unspecified atom stereocenters. The third kappa shape index (κ3) is 2.86. The van der Waals surface area contributed by atoms with E-state index in [9.17, 15) is 4.39 Å². The lowest BCUT2D eigenvalue weighted by Crippen LogP contribution is -2.22. The van der Waals surface area contributed by atoms with E-state index in [4.69, 9.17) is 10.5 Å². The van der Waals surface area contributed by atoms with Crippen LogP contribution in [0.2, 0.25) is 0 Å². The van der Waals surface area contributed by atoms with Crippen LogP contribution in [0, 0.1) is 0 Å². The molecule has 6 nitrogen and oxygen atoms in total. The SMILES string of the molecule is C[C@@H](F)c1nc(N)nc(NC2CCOc3ccccc32)n1. The van der Waals surface area contributed by atoms with Crippen LogP contribution < -0.4 is 15.8 Å². The fourth-order valence-electron chi connectivity index (χ4n) is 2.30. The largest absolute Gasteiger partial charge is 0.493 e. The number of nitrogens with one attached hydrogen (secondary N) is 1. The van der Waals surface area contributed by atoms with Gasteiger partial charge in [-0.25, -0.2) is 4.39 Å². The fourth-order valence-corrected chi connectivity index (χ4v) is 2.30. The van der Waals surface area contributed by atoms with Crippen LogP contribution in [0.1, 0.15) is 36.9 Å². The van der Waals surface area contributed by atoms with Gasteiger partial charge in [0.25, 0.3) is 0 Å². The molecule has 1 aromatic carbocycles. The van der Waals surface area contributed by atoms with E-state index in [0.29, 0.717) is 6.61 Å². The first-order chi connectivity index (χ1) is 10.1. The lowest BCUT2D eigenvalue weighted by Gasteiger charge is -2.26. The van der Waals surface area contributed by atoms with Crippen molar-refractivity contribution in [1.82, 2.24) is 15.0 Å². The van der Waals surface area contributed by atoms with E-state index >= 15 is 0 Å². The highest BCUT2D eigenvalue weighted by Crippen LogP contribution is 2.33. The number of alkyl halides is 1. The summed E-state index contributed by atoms with van der Waals surface area (Å²) >= 11 is 0. The summed E-state index contributed by atoms with van der Waals surface area (Å²) in [6, 6.07) is 7.76. The maximum atomic E-state index is 13.4. The zero-order valence-corrected chi connectivity index (χ0v) is 11.6. The Morgan fingerprint density at radius 1 is 1.33 bits per heavy atom. The van der Waals surface area contributed by atoms with Gasteiger partial charge in [0, 0.05) is 12.0 Å². The summed E-state index contributed by atoms with van der Waals surface area (Å²) in [6.45, 7) is 1.96. The van der Waals surface area contributed by atoms with Crippen molar-refractivity contribution in [2.24, 2.45) is 0 Å². The van der Waals surface area contributed by atoms with Gasteiger partial charge in [-0.05, 0) is 13.0 Å².